The van der Waals surface area contributed by atoms with Crippen LogP contribution in [-0.2, 0) is 6.18 Å². The number of carbonyl (C=O) groups is 1. The zero-order chi connectivity index (χ0) is 25.4. The molecule has 35 heavy (non-hydrogen) atoms. The van der Waals surface area contributed by atoms with Crippen molar-refractivity contribution in [1.82, 2.24) is 29.9 Å². The summed E-state index contributed by atoms with van der Waals surface area (Å²) in [4.78, 5) is 22.8. The van der Waals surface area contributed by atoms with Gasteiger partial charge >= 0.3 is 6.18 Å². The Bertz CT molecular complexity index is 1190. The van der Waals surface area contributed by atoms with E-state index in [-0.39, 0.29) is 28.6 Å². The molecule has 3 aromatic rings. The second-order valence-electron chi connectivity index (χ2n) is 8.18. The third kappa shape index (κ3) is 5.50. The minimum absolute atomic E-state index is 0.0131. The van der Waals surface area contributed by atoms with Crippen LogP contribution >= 0.6 is 11.6 Å². The topological polar surface area (TPSA) is 88.8 Å². The van der Waals surface area contributed by atoms with E-state index in [0.717, 1.165) is 11.1 Å². The van der Waals surface area contributed by atoms with E-state index in [1.54, 1.807) is 6.92 Å². The van der Waals surface area contributed by atoms with Crippen LogP contribution in [0.15, 0.2) is 43.0 Å². The van der Waals surface area contributed by atoms with Gasteiger partial charge in [0, 0.05) is 18.0 Å². The summed E-state index contributed by atoms with van der Waals surface area (Å²) in [5.41, 5.74) is -0.879. The first-order valence-corrected chi connectivity index (χ1v) is 10.8. The smallest absolute Gasteiger partial charge is 0.367 e. The molecule has 1 saturated heterocycles. The highest BCUT2D eigenvalue weighted by Crippen LogP contribution is 2.36. The molecular weight excluding hydrogens is 497 g/mol. The van der Waals surface area contributed by atoms with Crippen LogP contribution in [0.2, 0.25) is 5.02 Å². The zero-order valence-corrected chi connectivity index (χ0v) is 18.9. The Morgan fingerprint density at radius 3 is 2.54 bits per heavy atom. The van der Waals surface area contributed by atoms with Gasteiger partial charge in [0.25, 0.3) is 11.8 Å². The van der Waals surface area contributed by atoms with Gasteiger partial charge in [0.05, 0.1) is 48.6 Å². The van der Waals surface area contributed by atoms with Crippen molar-refractivity contribution in [2.24, 2.45) is 5.92 Å². The summed E-state index contributed by atoms with van der Waals surface area (Å²) in [6.45, 7) is 0.685. The normalized spacial score (nSPS) is 20.0. The van der Waals surface area contributed by atoms with Gasteiger partial charge < -0.3 is 10.2 Å². The van der Waals surface area contributed by atoms with Crippen molar-refractivity contribution in [3.8, 4) is 5.69 Å². The highest BCUT2D eigenvalue weighted by molar-refractivity contribution is 6.31. The summed E-state index contributed by atoms with van der Waals surface area (Å²) in [6, 6.07) is 3.65. The van der Waals surface area contributed by atoms with Gasteiger partial charge in [-0.15, -0.1) is 0 Å². The third-order valence-electron chi connectivity index (χ3n) is 5.60. The lowest BCUT2D eigenvalue weighted by Crippen LogP contribution is -2.57. The summed E-state index contributed by atoms with van der Waals surface area (Å²) < 4.78 is 67.2. The first kappa shape index (κ1) is 24.8. The van der Waals surface area contributed by atoms with Crippen LogP contribution in [0.5, 0.6) is 0 Å². The van der Waals surface area contributed by atoms with E-state index in [4.69, 9.17) is 11.6 Å². The van der Waals surface area contributed by atoms with E-state index >= 15 is 0 Å². The molecule has 4 rings (SSSR count). The summed E-state index contributed by atoms with van der Waals surface area (Å²) >= 11 is 6.09. The van der Waals surface area contributed by atoms with Crippen LogP contribution < -0.4 is 5.32 Å². The molecule has 2 atom stereocenters. The van der Waals surface area contributed by atoms with Crippen molar-refractivity contribution < 1.29 is 26.7 Å². The number of likely N-dealkylation sites (tertiary alicyclic amines) is 1. The summed E-state index contributed by atoms with van der Waals surface area (Å²) in [6.07, 6.45) is -0.842. The number of nitrogens with one attached hydrogen (secondary N) is 1. The van der Waals surface area contributed by atoms with Crippen LogP contribution in [0.25, 0.3) is 5.69 Å². The molecule has 1 N–H and O–H groups in total. The van der Waals surface area contributed by atoms with Crippen LogP contribution in [-0.4, -0.2) is 60.8 Å². The molecule has 186 valence electrons. The average molecular weight is 516 g/mol. The van der Waals surface area contributed by atoms with Crippen LogP contribution in [0.3, 0.4) is 0 Å². The molecule has 0 spiro atoms. The Kier molecular flexibility index (Phi) is 6.62. The molecule has 3 heterocycles. The number of aromatic nitrogens is 5. The van der Waals surface area contributed by atoms with Gasteiger partial charge in [-0.25, -0.2) is 18.7 Å². The summed E-state index contributed by atoms with van der Waals surface area (Å²) in [5.74, 6) is -4.49. The van der Waals surface area contributed by atoms with Crippen molar-refractivity contribution in [1.29, 1.82) is 0 Å². The minimum Gasteiger partial charge on any atom is -0.367 e. The number of alkyl halides is 5. The van der Waals surface area contributed by atoms with E-state index in [1.807, 2.05) is 0 Å². The number of anilines is 1. The highest BCUT2D eigenvalue weighted by Gasteiger charge is 2.46. The monoisotopic (exact) mass is 515 g/mol. The minimum atomic E-state index is -4.64. The molecule has 1 amide bonds. The lowest BCUT2D eigenvalue weighted by molar-refractivity contribution is -0.141. The maximum atomic E-state index is 14.5. The molecule has 0 bridgehead atoms. The van der Waals surface area contributed by atoms with E-state index < -0.39 is 48.6 Å². The SMILES string of the molecule is C[C@@H]1CC(F)(F)CN(C(=O)c2cc(Cl)ccc2-n2nccn2)[C@@H]1CNc1cnc(C(F)(F)F)cn1. The summed E-state index contributed by atoms with van der Waals surface area (Å²) in [5, 5.41) is 11.0. The predicted octanol–water partition coefficient (Wildman–Crippen LogP) is 4.33. The van der Waals surface area contributed by atoms with Crippen LogP contribution in [0.4, 0.5) is 27.8 Å². The van der Waals surface area contributed by atoms with Crippen LogP contribution in [0.1, 0.15) is 29.4 Å². The van der Waals surface area contributed by atoms with Crippen LogP contribution in [0, 0.1) is 5.92 Å². The lowest BCUT2D eigenvalue weighted by Gasteiger charge is -2.43. The molecule has 1 aliphatic heterocycles. The van der Waals surface area contributed by atoms with Gasteiger partial charge in [-0.2, -0.15) is 28.2 Å². The quantitative estimate of drug-likeness (QED) is 0.509. The number of carbonyl (C=O) groups excluding carboxylic acids is 1. The number of hydrogen-bond donors (Lipinski definition) is 1. The Morgan fingerprint density at radius 2 is 1.91 bits per heavy atom. The fourth-order valence-corrected chi connectivity index (χ4v) is 4.17. The third-order valence-corrected chi connectivity index (χ3v) is 5.83. The molecule has 1 fully saturated rings. The number of rotatable bonds is 5. The van der Waals surface area contributed by atoms with Gasteiger partial charge in [-0.05, 0) is 24.1 Å². The van der Waals surface area contributed by atoms with Crippen molar-refractivity contribution in [2.75, 3.05) is 18.4 Å². The van der Waals surface area contributed by atoms with Crippen molar-refractivity contribution in [3.05, 3.63) is 59.3 Å². The molecule has 0 radical (unpaired) electrons. The first-order valence-electron chi connectivity index (χ1n) is 10.4. The number of amides is 1. The largest absolute Gasteiger partial charge is 0.434 e. The van der Waals surface area contributed by atoms with Crippen molar-refractivity contribution in [3.63, 3.8) is 0 Å². The second kappa shape index (κ2) is 9.36. The molecule has 8 nitrogen and oxygen atoms in total. The highest BCUT2D eigenvalue weighted by atomic mass is 35.5. The van der Waals surface area contributed by atoms with E-state index in [9.17, 15) is 26.7 Å². The molecule has 0 aliphatic carbocycles. The second-order valence-corrected chi connectivity index (χ2v) is 8.62. The molecule has 2 aromatic heterocycles. The van der Waals surface area contributed by atoms with Crippen molar-refractivity contribution >= 4 is 23.3 Å². The van der Waals surface area contributed by atoms with Gasteiger partial charge in [-0.1, -0.05) is 18.5 Å². The average Bonchev–Trinajstić information content (AvgIpc) is 3.31. The zero-order valence-electron chi connectivity index (χ0n) is 18.2. The fourth-order valence-electron chi connectivity index (χ4n) is 4.00. The number of benzene rings is 1. The molecule has 1 aromatic carbocycles. The number of piperidine rings is 1. The van der Waals surface area contributed by atoms with E-state index in [2.05, 4.69) is 25.5 Å². The maximum absolute atomic E-state index is 14.5. The van der Waals surface area contributed by atoms with Crippen molar-refractivity contribution in [2.45, 2.75) is 31.5 Å². The lowest BCUT2D eigenvalue weighted by atomic mass is 9.87. The molecule has 14 heteroatoms. The predicted molar refractivity (Wildman–Crippen MR) is 115 cm³/mol. The molecular formula is C21H19ClF5N7O. The summed E-state index contributed by atoms with van der Waals surface area (Å²) in [7, 11) is 0. The number of nitrogens with zero attached hydrogens (tertiary/aromatic N) is 6. The van der Waals surface area contributed by atoms with E-state index in [0.29, 0.717) is 6.20 Å². The van der Waals surface area contributed by atoms with Gasteiger partial charge in [0.2, 0.25) is 0 Å². The fraction of sp³-hybridized carbons (Fsp3) is 0.381. The molecule has 1 aliphatic rings. The van der Waals surface area contributed by atoms with Gasteiger partial charge in [0.1, 0.15) is 5.82 Å². The molecule has 0 unspecified atom stereocenters. The Hall–Kier alpha value is -3.35. The number of halogens is 6. The van der Waals surface area contributed by atoms with E-state index in [1.165, 1.54) is 35.4 Å². The Morgan fingerprint density at radius 1 is 1.20 bits per heavy atom. The maximum Gasteiger partial charge on any atom is 0.434 e. The number of hydrogen-bond acceptors (Lipinski definition) is 6. The Labute approximate surface area is 201 Å². The Balaban J connectivity index is 1.61. The molecule has 0 saturated carbocycles. The van der Waals surface area contributed by atoms with Gasteiger partial charge in [-0.3, -0.25) is 4.79 Å². The standard InChI is InChI=1S/C21H19ClF5N7O/c1-12-7-20(23,24)11-33(16(12)8-29-18-10-28-17(9-30-18)21(25,26)27)19(35)14-6-13(22)2-3-15(14)34-31-4-5-32-34/h2-6,9-10,12,16H,7-8,11H2,1H3,(H,29,30)/t12-,16-/m1/s1. The van der Waals surface area contributed by atoms with Gasteiger partial charge in [0.15, 0.2) is 5.69 Å². The first-order chi connectivity index (χ1) is 16.4.